The summed E-state index contributed by atoms with van der Waals surface area (Å²) in [6.45, 7) is 9.57. The third kappa shape index (κ3) is 4.64. The number of halogens is 1. The number of carbonyl (C=O) groups is 2. The minimum atomic E-state index is -1.39. The van der Waals surface area contributed by atoms with Crippen molar-refractivity contribution in [1.82, 2.24) is 10.3 Å². The zero-order valence-corrected chi connectivity index (χ0v) is 18.8. The Labute approximate surface area is 189 Å². The van der Waals surface area contributed by atoms with E-state index in [1.54, 1.807) is 20.8 Å². The maximum atomic E-state index is 15.7. The van der Waals surface area contributed by atoms with E-state index in [9.17, 15) is 19.5 Å². The van der Waals surface area contributed by atoms with Crippen LogP contribution in [0.2, 0.25) is 0 Å². The SMILES string of the molecule is C=C1CN[C@H](C(Oc2c(F)c(C3CC3)cc3c(=O)c(C(=O)O)c[nH]c23)C(=O)OC(C)(C)C)C1. The molecule has 4 rings (SSSR count). The quantitative estimate of drug-likeness (QED) is 0.449. The number of hydrogen-bond acceptors (Lipinski definition) is 6. The predicted molar refractivity (Wildman–Crippen MR) is 119 cm³/mol. The van der Waals surface area contributed by atoms with E-state index in [1.165, 1.54) is 6.07 Å². The summed E-state index contributed by atoms with van der Waals surface area (Å²) in [7, 11) is 0. The van der Waals surface area contributed by atoms with Gasteiger partial charge in [-0.25, -0.2) is 14.0 Å². The highest BCUT2D eigenvalue weighted by Gasteiger charge is 2.39. The third-order valence-electron chi connectivity index (χ3n) is 5.72. The van der Waals surface area contributed by atoms with Crippen molar-refractivity contribution in [2.75, 3.05) is 6.54 Å². The van der Waals surface area contributed by atoms with Gasteiger partial charge in [-0.3, -0.25) is 4.79 Å². The molecule has 1 aromatic heterocycles. The number of aromatic amines is 1. The van der Waals surface area contributed by atoms with Gasteiger partial charge >= 0.3 is 11.9 Å². The van der Waals surface area contributed by atoms with Gasteiger partial charge in [0.05, 0.1) is 16.9 Å². The lowest BCUT2D eigenvalue weighted by atomic mass is 10.0. The summed E-state index contributed by atoms with van der Waals surface area (Å²) in [5.41, 5.74) is -0.859. The van der Waals surface area contributed by atoms with Gasteiger partial charge in [0.25, 0.3) is 0 Å². The Bertz CT molecular complexity index is 1210. The van der Waals surface area contributed by atoms with Crippen LogP contribution in [0.15, 0.2) is 29.2 Å². The summed E-state index contributed by atoms with van der Waals surface area (Å²) in [5, 5.41) is 12.5. The Morgan fingerprint density at radius 1 is 1.30 bits per heavy atom. The van der Waals surface area contributed by atoms with Crippen LogP contribution in [0.3, 0.4) is 0 Å². The third-order valence-corrected chi connectivity index (χ3v) is 5.72. The highest BCUT2D eigenvalue weighted by Crippen LogP contribution is 2.45. The van der Waals surface area contributed by atoms with E-state index in [0.29, 0.717) is 13.0 Å². The van der Waals surface area contributed by atoms with Gasteiger partial charge in [0.1, 0.15) is 11.2 Å². The van der Waals surface area contributed by atoms with Crippen LogP contribution in [0.25, 0.3) is 10.9 Å². The highest BCUT2D eigenvalue weighted by atomic mass is 19.1. The number of pyridine rings is 1. The first-order valence-corrected chi connectivity index (χ1v) is 10.9. The molecule has 0 radical (unpaired) electrons. The summed E-state index contributed by atoms with van der Waals surface area (Å²) in [6.07, 6.45) is 1.73. The van der Waals surface area contributed by atoms with Crippen LogP contribution in [-0.2, 0) is 9.53 Å². The minimum Gasteiger partial charge on any atom is -0.477 e. The molecule has 1 aliphatic carbocycles. The predicted octanol–water partition coefficient (Wildman–Crippen LogP) is 3.25. The number of fused-ring (bicyclic) bond motifs is 1. The van der Waals surface area contributed by atoms with E-state index in [1.807, 2.05) is 0 Å². The molecule has 2 atom stereocenters. The molecule has 9 heteroatoms. The second kappa shape index (κ2) is 8.30. The number of aromatic carboxylic acids is 1. The molecule has 2 aromatic rings. The molecule has 1 saturated carbocycles. The molecule has 2 aliphatic rings. The lowest BCUT2D eigenvalue weighted by Crippen LogP contribution is -2.47. The van der Waals surface area contributed by atoms with E-state index >= 15 is 4.39 Å². The molecule has 176 valence electrons. The van der Waals surface area contributed by atoms with Crippen molar-refractivity contribution in [2.45, 2.75) is 63.7 Å². The van der Waals surface area contributed by atoms with Crippen molar-refractivity contribution in [3.05, 3.63) is 51.6 Å². The van der Waals surface area contributed by atoms with E-state index in [-0.39, 0.29) is 28.1 Å². The van der Waals surface area contributed by atoms with E-state index in [0.717, 1.165) is 24.6 Å². The number of carboxylic acids is 1. The topological polar surface area (TPSA) is 118 Å². The van der Waals surface area contributed by atoms with E-state index in [4.69, 9.17) is 9.47 Å². The minimum absolute atomic E-state index is 0.0000652. The fraction of sp³-hybridized carbons (Fsp3) is 0.458. The molecule has 33 heavy (non-hydrogen) atoms. The lowest BCUT2D eigenvalue weighted by molar-refractivity contribution is -0.164. The first kappa shape index (κ1) is 23.0. The van der Waals surface area contributed by atoms with Gasteiger partial charge in [0.2, 0.25) is 11.5 Å². The van der Waals surface area contributed by atoms with Crippen LogP contribution in [0.4, 0.5) is 4.39 Å². The van der Waals surface area contributed by atoms with Crippen LogP contribution in [0.5, 0.6) is 5.75 Å². The second-order valence-electron chi connectivity index (χ2n) is 9.66. The summed E-state index contributed by atoms with van der Waals surface area (Å²) < 4.78 is 27.2. The number of carboxylic acid groups (broad SMARTS) is 1. The summed E-state index contributed by atoms with van der Waals surface area (Å²) in [4.78, 5) is 40.0. The van der Waals surface area contributed by atoms with Gasteiger partial charge in [-0.1, -0.05) is 12.2 Å². The first-order valence-electron chi connectivity index (χ1n) is 10.9. The van der Waals surface area contributed by atoms with Crippen molar-refractivity contribution in [3.63, 3.8) is 0 Å². The van der Waals surface area contributed by atoms with Crippen LogP contribution < -0.4 is 15.5 Å². The molecular weight excluding hydrogens is 431 g/mol. The Morgan fingerprint density at radius 2 is 2.00 bits per heavy atom. The molecule has 2 fully saturated rings. The number of esters is 1. The van der Waals surface area contributed by atoms with Crippen LogP contribution in [0, 0.1) is 5.82 Å². The highest BCUT2D eigenvalue weighted by molar-refractivity contribution is 5.94. The molecular formula is C24H27FN2O6. The van der Waals surface area contributed by atoms with Gasteiger partial charge in [-0.15, -0.1) is 0 Å². The summed E-state index contributed by atoms with van der Waals surface area (Å²) in [6, 6.07) is 0.884. The van der Waals surface area contributed by atoms with Crippen molar-refractivity contribution >= 4 is 22.8 Å². The number of ether oxygens (including phenoxy) is 2. The number of nitrogens with one attached hydrogen (secondary N) is 2. The van der Waals surface area contributed by atoms with Crippen molar-refractivity contribution in [1.29, 1.82) is 0 Å². The van der Waals surface area contributed by atoms with Gasteiger partial charge in [0.15, 0.2) is 11.6 Å². The molecule has 1 unspecified atom stereocenters. The molecule has 1 aromatic carbocycles. The number of carbonyl (C=O) groups excluding carboxylic acids is 1. The largest absolute Gasteiger partial charge is 0.477 e. The van der Waals surface area contributed by atoms with Gasteiger partial charge < -0.3 is 24.9 Å². The number of hydrogen-bond donors (Lipinski definition) is 3. The van der Waals surface area contributed by atoms with Gasteiger partial charge in [-0.2, -0.15) is 0 Å². The Morgan fingerprint density at radius 3 is 2.55 bits per heavy atom. The number of benzene rings is 1. The maximum Gasteiger partial charge on any atom is 0.349 e. The first-order chi connectivity index (χ1) is 15.5. The lowest BCUT2D eigenvalue weighted by Gasteiger charge is -2.28. The molecule has 1 saturated heterocycles. The zero-order chi connectivity index (χ0) is 24.1. The Kier molecular flexibility index (Phi) is 5.78. The Hall–Kier alpha value is -3.20. The van der Waals surface area contributed by atoms with Gasteiger partial charge in [0, 0.05) is 12.7 Å². The number of aromatic nitrogens is 1. The monoisotopic (exact) mass is 458 g/mol. The second-order valence-corrected chi connectivity index (χ2v) is 9.66. The molecule has 8 nitrogen and oxygen atoms in total. The summed E-state index contributed by atoms with van der Waals surface area (Å²) in [5.74, 6) is -3.12. The molecule has 1 aliphatic heterocycles. The molecule has 3 N–H and O–H groups in total. The van der Waals surface area contributed by atoms with Crippen LogP contribution in [0.1, 0.15) is 61.9 Å². The van der Waals surface area contributed by atoms with Crippen LogP contribution in [-0.4, -0.2) is 46.3 Å². The molecule has 2 heterocycles. The average Bonchev–Trinajstić information content (AvgIpc) is 3.46. The molecule has 0 spiro atoms. The number of H-pyrrole nitrogens is 1. The fourth-order valence-electron chi connectivity index (χ4n) is 4.02. The van der Waals surface area contributed by atoms with Crippen molar-refractivity contribution < 1.29 is 28.6 Å². The maximum absolute atomic E-state index is 15.7. The van der Waals surface area contributed by atoms with E-state index < -0.39 is 46.5 Å². The van der Waals surface area contributed by atoms with Crippen molar-refractivity contribution in [3.8, 4) is 5.75 Å². The van der Waals surface area contributed by atoms with Gasteiger partial charge in [-0.05, 0) is 57.6 Å². The van der Waals surface area contributed by atoms with Crippen molar-refractivity contribution in [2.24, 2.45) is 0 Å². The zero-order valence-electron chi connectivity index (χ0n) is 18.8. The smallest absolute Gasteiger partial charge is 0.349 e. The van der Waals surface area contributed by atoms with E-state index in [2.05, 4.69) is 16.9 Å². The Balaban J connectivity index is 1.85. The standard InChI is InChI=1S/C24H27FN2O6/c1-11-7-16(26-9-11)20(23(31)33-24(2,3)4)32-21-17(25)13(12-5-6-12)8-14-18(21)27-10-15(19(14)28)22(29)30/h8,10,12,16,20,26H,1,5-7,9H2,2-4H3,(H,27,28)(H,29,30)/t16-,20?/m0/s1. The van der Waals surface area contributed by atoms with Crippen LogP contribution >= 0.6 is 0 Å². The number of rotatable bonds is 6. The molecule has 0 amide bonds. The molecule has 0 bridgehead atoms. The average molecular weight is 458 g/mol. The normalized spacial score (nSPS) is 19.5. The summed E-state index contributed by atoms with van der Waals surface area (Å²) >= 11 is 0. The fourth-order valence-corrected chi connectivity index (χ4v) is 4.02.